The maximum atomic E-state index is 12.6. The Kier molecular flexibility index (Phi) is 5.21. The molecule has 1 saturated heterocycles. The quantitative estimate of drug-likeness (QED) is 0.859. The van der Waals surface area contributed by atoms with E-state index in [0.29, 0.717) is 0 Å². The predicted octanol–water partition coefficient (Wildman–Crippen LogP) is 3.03. The van der Waals surface area contributed by atoms with Crippen LogP contribution in [0.25, 0.3) is 0 Å². The molecule has 1 saturated carbocycles. The van der Waals surface area contributed by atoms with Gasteiger partial charge in [0.15, 0.2) is 0 Å². The van der Waals surface area contributed by atoms with Crippen LogP contribution >= 0.6 is 0 Å². The largest absolute Gasteiger partial charge is 0.497 e. The molecule has 4 nitrogen and oxygen atoms in total. The number of rotatable bonds is 3. The van der Waals surface area contributed by atoms with Crippen molar-refractivity contribution in [1.29, 1.82) is 0 Å². The first-order chi connectivity index (χ1) is 11.2. The number of nitrogens with zero attached hydrogens (tertiary/aromatic N) is 2. The maximum Gasteiger partial charge on any atom is 0.253 e. The van der Waals surface area contributed by atoms with Crippen molar-refractivity contribution in [2.24, 2.45) is 5.92 Å². The van der Waals surface area contributed by atoms with E-state index in [9.17, 15) is 4.79 Å². The minimum atomic E-state index is 0.143. The average molecular weight is 316 g/mol. The number of piperazine rings is 1. The first-order valence-electron chi connectivity index (χ1n) is 8.84. The monoisotopic (exact) mass is 316 g/mol. The van der Waals surface area contributed by atoms with Gasteiger partial charge in [0.05, 0.1) is 7.11 Å². The fourth-order valence-corrected chi connectivity index (χ4v) is 3.94. The van der Waals surface area contributed by atoms with Gasteiger partial charge in [-0.05, 0) is 43.0 Å². The van der Waals surface area contributed by atoms with Crippen LogP contribution in [0, 0.1) is 5.92 Å². The molecule has 2 atom stereocenters. The van der Waals surface area contributed by atoms with E-state index in [2.05, 4.69) is 11.8 Å². The van der Waals surface area contributed by atoms with Crippen LogP contribution in [0.2, 0.25) is 0 Å². The number of amides is 1. The molecule has 0 radical (unpaired) electrons. The number of ether oxygens (including phenoxy) is 1. The van der Waals surface area contributed by atoms with E-state index in [1.54, 1.807) is 7.11 Å². The van der Waals surface area contributed by atoms with Crippen LogP contribution < -0.4 is 4.74 Å². The van der Waals surface area contributed by atoms with Gasteiger partial charge in [0, 0.05) is 37.8 Å². The summed E-state index contributed by atoms with van der Waals surface area (Å²) in [5.41, 5.74) is 0.755. The molecule has 0 unspecified atom stereocenters. The van der Waals surface area contributed by atoms with Crippen molar-refractivity contribution in [3.63, 3.8) is 0 Å². The van der Waals surface area contributed by atoms with Crippen LogP contribution in [-0.4, -0.2) is 55.0 Å². The molecule has 1 aliphatic carbocycles. The zero-order chi connectivity index (χ0) is 16.2. The van der Waals surface area contributed by atoms with Gasteiger partial charge in [-0.25, -0.2) is 0 Å². The lowest BCUT2D eigenvalue weighted by Crippen LogP contribution is -2.52. The number of carbonyl (C=O) groups is 1. The van der Waals surface area contributed by atoms with Crippen LogP contribution in [0.3, 0.4) is 0 Å². The van der Waals surface area contributed by atoms with Gasteiger partial charge >= 0.3 is 0 Å². The molecule has 3 rings (SSSR count). The number of benzene rings is 1. The highest BCUT2D eigenvalue weighted by Crippen LogP contribution is 2.28. The Labute approximate surface area is 139 Å². The molecule has 2 fully saturated rings. The summed E-state index contributed by atoms with van der Waals surface area (Å²) in [6.07, 6.45) is 5.40. The summed E-state index contributed by atoms with van der Waals surface area (Å²) in [6, 6.07) is 8.16. The van der Waals surface area contributed by atoms with Gasteiger partial charge in [-0.15, -0.1) is 0 Å². The summed E-state index contributed by atoms with van der Waals surface area (Å²) < 4.78 is 5.15. The van der Waals surface area contributed by atoms with E-state index in [0.717, 1.165) is 49.5 Å². The van der Waals surface area contributed by atoms with E-state index in [1.807, 2.05) is 29.2 Å². The van der Waals surface area contributed by atoms with Gasteiger partial charge in [0.2, 0.25) is 0 Å². The van der Waals surface area contributed by atoms with Crippen molar-refractivity contribution >= 4 is 5.91 Å². The minimum absolute atomic E-state index is 0.143. The first kappa shape index (κ1) is 16.3. The van der Waals surface area contributed by atoms with Crippen LogP contribution in [0.15, 0.2) is 24.3 Å². The fraction of sp³-hybridized carbons (Fsp3) is 0.632. The van der Waals surface area contributed by atoms with E-state index < -0.39 is 0 Å². The first-order valence-corrected chi connectivity index (χ1v) is 8.84. The lowest BCUT2D eigenvalue weighted by molar-refractivity contribution is 0.0489. The van der Waals surface area contributed by atoms with Gasteiger partial charge in [-0.1, -0.05) is 19.8 Å². The van der Waals surface area contributed by atoms with Gasteiger partial charge in [-0.2, -0.15) is 0 Å². The Balaban J connectivity index is 1.54. The molecule has 1 amide bonds. The second-order valence-corrected chi connectivity index (χ2v) is 6.98. The third kappa shape index (κ3) is 3.86. The molecule has 1 aliphatic heterocycles. The Hall–Kier alpha value is -1.55. The normalized spacial score (nSPS) is 26.1. The summed E-state index contributed by atoms with van der Waals surface area (Å²) >= 11 is 0. The number of methoxy groups -OCH3 is 1. The molecular weight excluding hydrogens is 288 g/mol. The molecule has 4 heteroatoms. The van der Waals surface area contributed by atoms with Crippen LogP contribution in [0.4, 0.5) is 0 Å². The fourth-order valence-electron chi connectivity index (χ4n) is 3.94. The highest BCUT2D eigenvalue weighted by molar-refractivity contribution is 5.94. The average Bonchev–Trinajstić information content (AvgIpc) is 2.61. The highest BCUT2D eigenvalue weighted by atomic mass is 16.5. The van der Waals surface area contributed by atoms with E-state index in [1.165, 1.54) is 25.7 Å². The number of hydrogen-bond acceptors (Lipinski definition) is 3. The summed E-state index contributed by atoms with van der Waals surface area (Å²) in [6.45, 7) is 6.08. The lowest BCUT2D eigenvalue weighted by atomic mass is 9.86. The van der Waals surface area contributed by atoms with E-state index >= 15 is 0 Å². The zero-order valence-electron chi connectivity index (χ0n) is 14.3. The van der Waals surface area contributed by atoms with Crippen molar-refractivity contribution in [3.05, 3.63) is 29.8 Å². The Bertz CT molecular complexity index is 521. The molecule has 0 spiro atoms. The highest BCUT2D eigenvalue weighted by Gasteiger charge is 2.29. The second kappa shape index (κ2) is 7.35. The van der Waals surface area contributed by atoms with Crippen molar-refractivity contribution in [2.45, 2.75) is 38.6 Å². The lowest BCUT2D eigenvalue weighted by Gasteiger charge is -2.42. The van der Waals surface area contributed by atoms with Crippen molar-refractivity contribution < 1.29 is 9.53 Å². The van der Waals surface area contributed by atoms with E-state index in [-0.39, 0.29) is 5.91 Å². The minimum Gasteiger partial charge on any atom is -0.497 e. The van der Waals surface area contributed by atoms with Crippen molar-refractivity contribution in [2.75, 3.05) is 33.3 Å². The summed E-state index contributed by atoms with van der Waals surface area (Å²) in [4.78, 5) is 17.2. The van der Waals surface area contributed by atoms with Gasteiger partial charge < -0.3 is 9.64 Å². The standard InChI is InChI=1S/C19H28N2O2/c1-15-4-3-5-17(14-15)20-10-12-21(13-11-20)19(22)16-6-8-18(23-2)9-7-16/h6-9,15,17H,3-5,10-14H2,1-2H3/t15-,17+/m0/s1. The van der Waals surface area contributed by atoms with Crippen LogP contribution in [0.1, 0.15) is 43.0 Å². The van der Waals surface area contributed by atoms with Crippen molar-refractivity contribution in [3.8, 4) is 5.75 Å². The Morgan fingerprint density at radius 1 is 1.09 bits per heavy atom. The molecule has 0 bridgehead atoms. The van der Waals surface area contributed by atoms with Crippen LogP contribution in [0.5, 0.6) is 5.75 Å². The molecule has 126 valence electrons. The molecule has 0 N–H and O–H groups in total. The maximum absolute atomic E-state index is 12.6. The third-order valence-corrected chi connectivity index (χ3v) is 5.36. The molecule has 1 aromatic carbocycles. The summed E-state index contributed by atoms with van der Waals surface area (Å²) in [7, 11) is 1.64. The molecule has 1 heterocycles. The van der Waals surface area contributed by atoms with Gasteiger partial charge in [0.25, 0.3) is 5.91 Å². The second-order valence-electron chi connectivity index (χ2n) is 6.98. The molecule has 0 aromatic heterocycles. The smallest absolute Gasteiger partial charge is 0.253 e. The summed E-state index contributed by atoms with van der Waals surface area (Å²) in [5.74, 6) is 1.79. The number of hydrogen-bond donors (Lipinski definition) is 0. The molecule has 1 aromatic rings. The van der Waals surface area contributed by atoms with Gasteiger partial charge in [0.1, 0.15) is 5.75 Å². The summed E-state index contributed by atoms with van der Waals surface area (Å²) in [5, 5.41) is 0. The zero-order valence-corrected chi connectivity index (χ0v) is 14.3. The molecule has 2 aliphatic rings. The Morgan fingerprint density at radius 3 is 2.39 bits per heavy atom. The van der Waals surface area contributed by atoms with E-state index in [4.69, 9.17) is 4.74 Å². The van der Waals surface area contributed by atoms with Gasteiger partial charge in [-0.3, -0.25) is 9.69 Å². The third-order valence-electron chi connectivity index (χ3n) is 5.36. The van der Waals surface area contributed by atoms with Crippen LogP contribution in [-0.2, 0) is 0 Å². The number of carbonyl (C=O) groups excluding carboxylic acids is 1. The molecule has 23 heavy (non-hydrogen) atoms. The van der Waals surface area contributed by atoms with Crippen molar-refractivity contribution in [1.82, 2.24) is 9.80 Å². The topological polar surface area (TPSA) is 32.8 Å². The Morgan fingerprint density at radius 2 is 1.78 bits per heavy atom. The SMILES string of the molecule is COc1ccc(C(=O)N2CCN([C@@H]3CCC[C@H](C)C3)CC2)cc1. The molecular formula is C19H28N2O2. The predicted molar refractivity (Wildman–Crippen MR) is 91.9 cm³/mol.